The third kappa shape index (κ3) is 3.11. The fourth-order valence-electron chi connectivity index (χ4n) is 1.18. The molecule has 82 valence electrons. The van der Waals surface area contributed by atoms with Crippen LogP contribution in [0.15, 0.2) is 18.3 Å². The molecule has 0 saturated carbocycles. The van der Waals surface area contributed by atoms with Crippen molar-refractivity contribution in [2.45, 2.75) is 27.3 Å². The van der Waals surface area contributed by atoms with Crippen molar-refractivity contribution in [2.24, 2.45) is 5.41 Å². The molecule has 1 aromatic heterocycles. The molecular weight excluding hydrogens is 192 g/mol. The van der Waals surface area contributed by atoms with E-state index in [0.717, 1.165) is 0 Å². The molecule has 1 heterocycles. The first-order valence-electron chi connectivity index (χ1n) is 4.82. The van der Waals surface area contributed by atoms with E-state index < -0.39 is 5.41 Å². The van der Waals surface area contributed by atoms with E-state index >= 15 is 0 Å². The Kier molecular flexibility index (Phi) is 3.55. The minimum absolute atomic E-state index is 0.0681. The van der Waals surface area contributed by atoms with Gasteiger partial charge in [-0.3, -0.25) is 9.78 Å². The number of nitrogens with one attached hydrogen (secondary N) is 1. The quantitative estimate of drug-likeness (QED) is 0.587. The van der Waals surface area contributed by atoms with Gasteiger partial charge in [0, 0.05) is 17.2 Å². The lowest BCUT2D eigenvalue weighted by Crippen LogP contribution is -2.20. The van der Waals surface area contributed by atoms with Gasteiger partial charge in [0.05, 0.1) is 12.2 Å². The van der Waals surface area contributed by atoms with E-state index in [1.165, 1.54) is 0 Å². The average Bonchev–Trinajstić information content (AvgIpc) is 2.17. The largest absolute Gasteiger partial charge is 0.316 e. The molecule has 4 nitrogen and oxygen atoms in total. The lowest BCUT2D eigenvalue weighted by molar-refractivity contribution is 0.0858. The van der Waals surface area contributed by atoms with Crippen LogP contribution < -0.4 is 5.48 Å². The molecule has 0 amide bonds. The number of carbonyl (C=O) groups excluding carboxylic acids is 1. The van der Waals surface area contributed by atoms with Gasteiger partial charge in [0.15, 0.2) is 5.78 Å². The van der Waals surface area contributed by atoms with Gasteiger partial charge in [0.2, 0.25) is 0 Å². The summed E-state index contributed by atoms with van der Waals surface area (Å²) in [6.07, 6.45) is 1.54. The maximum absolute atomic E-state index is 11.8. The number of hydroxylamine groups is 1. The molecule has 15 heavy (non-hydrogen) atoms. The normalized spacial score (nSPS) is 11.5. The molecular formula is C11H16N2O2. The first-order chi connectivity index (χ1) is 6.95. The molecule has 0 aliphatic heterocycles. The minimum atomic E-state index is -0.390. The van der Waals surface area contributed by atoms with Crippen LogP contribution in [0.2, 0.25) is 0 Å². The summed E-state index contributed by atoms with van der Waals surface area (Å²) < 4.78 is 0. The lowest BCUT2D eigenvalue weighted by atomic mass is 9.87. The van der Waals surface area contributed by atoms with Crippen LogP contribution in [0, 0.1) is 5.41 Å². The van der Waals surface area contributed by atoms with E-state index in [-0.39, 0.29) is 12.3 Å². The number of ketones is 1. The Bertz CT molecular complexity index is 339. The molecule has 0 spiro atoms. The highest BCUT2D eigenvalue weighted by molar-refractivity contribution is 5.99. The van der Waals surface area contributed by atoms with Crippen molar-refractivity contribution >= 4 is 5.78 Å². The van der Waals surface area contributed by atoms with Crippen LogP contribution in [-0.4, -0.2) is 16.0 Å². The van der Waals surface area contributed by atoms with Gasteiger partial charge in [-0.1, -0.05) is 20.8 Å². The highest BCUT2D eigenvalue weighted by atomic mass is 16.5. The van der Waals surface area contributed by atoms with Crippen molar-refractivity contribution in [1.29, 1.82) is 0 Å². The molecule has 1 rings (SSSR count). The molecule has 2 N–H and O–H groups in total. The zero-order valence-electron chi connectivity index (χ0n) is 9.24. The molecule has 0 aliphatic rings. The Morgan fingerprint density at radius 1 is 1.47 bits per heavy atom. The van der Waals surface area contributed by atoms with Crippen molar-refractivity contribution in [3.05, 3.63) is 29.6 Å². The lowest BCUT2D eigenvalue weighted by Gasteiger charge is -2.16. The van der Waals surface area contributed by atoms with Crippen LogP contribution in [0.3, 0.4) is 0 Å². The Labute approximate surface area is 89.3 Å². The Morgan fingerprint density at radius 2 is 2.13 bits per heavy atom. The fraction of sp³-hybridized carbons (Fsp3) is 0.455. The van der Waals surface area contributed by atoms with Gasteiger partial charge in [0.25, 0.3) is 0 Å². The average molecular weight is 208 g/mol. The number of aromatic nitrogens is 1. The van der Waals surface area contributed by atoms with Crippen LogP contribution in [-0.2, 0) is 6.54 Å². The van der Waals surface area contributed by atoms with Crippen molar-refractivity contribution in [3.63, 3.8) is 0 Å². The van der Waals surface area contributed by atoms with Gasteiger partial charge < -0.3 is 5.21 Å². The van der Waals surface area contributed by atoms with Crippen LogP contribution in [0.25, 0.3) is 0 Å². The standard InChI is InChI=1S/C11H16N2O2/c1-11(2,3)10(14)8-4-5-9(7-13-15)12-6-8/h4-6,13,15H,7H2,1-3H3. The maximum Gasteiger partial charge on any atom is 0.169 e. The van der Waals surface area contributed by atoms with E-state index in [4.69, 9.17) is 5.21 Å². The third-order valence-corrected chi connectivity index (χ3v) is 2.03. The first kappa shape index (κ1) is 11.8. The molecule has 1 aromatic rings. The number of rotatable bonds is 3. The molecule has 0 aliphatic carbocycles. The van der Waals surface area contributed by atoms with Crippen LogP contribution in [0.4, 0.5) is 0 Å². The monoisotopic (exact) mass is 208 g/mol. The SMILES string of the molecule is CC(C)(C)C(=O)c1ccc(CNO)nc1. The number of hydrogen-bond acceptors (Lipinski definition) is 4. The van der Waals surface area contributed by atoms with Gasteiger partial charge in [-0.25, -0.2) is 0 Å². The highest BCUT2D eigenvalue weighted by Gasteiger charge is 2.22. The zero-order chi connectivity index (χ0) is 11.5. The summed E-state index contributed by atoms with van der Waals surface area (Å²) in [6, 6.07) is 3.45. The van der Waals surface area contributed by atoms with Gasteiger partial charge in [-0.05, 0) is 12.1 Å². The van der Waals surface area contributed by atoms with Gasteiger partial charge in [-0.15, -0.1) is 0 Å². The first-order valence-corrected chi connectivity index (χ1v) is 4.82. The topological polar surface area (TPSA) is 62.2 Å². The molecule has 0 unspecified atom stereocenters. The Morgan fingerprint density at radius 3 is 2.53 bits per heavy atom. The molecule has 0 radical (unpaired) electrons. The second kappa shape index (κ2) is 4.51. The van der Waals surface area contributed by atoms with Crippen LogP contribution >= 0.6 is 0 Å². The molecule has 0 bridgehead atoms. The zero-order valence-corrected chi connectivity index (χ0v) is 9.24. The Balaban J connectivity index is 2.85. The predicted octanol–water partition coefficient (Wildman–Crippen LogP) is 1.79. The summed E-state index contributed by atoms with van der Waals surface area (Å²) in [6.45, 7) is 5.90. The van der Waals surface area contributed by atoms with E-state index in [1.807, 2.05) is 26.3 Å². The minimum Gasteiger partial charge on any atom is -0.316 e. The van der Waals surface area contributed by atoms with Crippen LogP contribution in [0.1, 0.15) is 36.8 Å². The van der Waals surface area contributed by atoms with Crippen molar-refractivity contribution in [1.82, 2.24) is 10.5 Å². The summed E-state index contributed by atoms with van der Waals surface area (Å²) in [7, 11) is 0. The fourth-order valence-corrected chi connectivity index (χ4v) is 1.18. The summed E-state index contributed by atoms with van der Waals surface area (Å²) in [5.74, 6) is 0.0681. The Hall–Kier alpha value is -1.26. The molecule has 0 atom stereocenters. The summed E-state index contributed by atoms with van der Waals surface area (Å²) in [5, 5.41) is 8.47. The van der Waals surface area contributed by atoms with Gasteiger partial charge in [-0.2, -0.15) is 5.48 Å². The molecule has 0 aromatic carbocycles. The number of Topliss-reactive ketones (excluding diaryl/α,β-unsaturated/α-hetero) is 1. The van der Waals surface area contributed by atoms with E-state index in [0.29, 0.717) is 11.3 Å². The molecule has 0 saturated heterocycles. The van der Waals surface area contributed by atoms with E-state index in [9.17, 15) is 4.79 Å². The van der Waals surface area contributed by atoms with E-state index in [2.05, 4.69) is 4.98 Å². The maximum atomic E-state index is 11.8. The van der Waals surface area contributed by atoms with Crippen molar-refractivity contribution in [3.8, 4) is 0 Å². The van der Waals surface area contributed by atoms with Gasteiger partial charge in [0.1, 0.15) is 0 Å². The predicted molar refractivity (Wildman–Crippen MR) is 56.6 cm³/mol. The van der Waals surface area contributed by atoms with Crippen LogP contribution in [0.5, 0.6) is 0 Å². The van der Waals surface area contributed by atoms with Crippen molar-refractivity contribution in [2.75, 3.05) is 0 Å². The number of pyridine rings is 1. The number of carbonyl (C=O) groups is 1. The van der Waals surface area contributed by atoms with Crippen molar-refractivity contribution < 1.29 is 10.0 Å². The van der Waals surface area contributed by atoms with E-state index in [1.54, 1.807) is 18.3 Å². The number of hydrogen-bond donors (Lipinski definition) is 2. The summed E-state index contributed by atoms with van der Waals surface area (Å²) in [5.41, 5.74) is 2.92. The second-order valence-electron chi connectivity index (χ2n) is 4.45. The smallest absolute Gasteiger partial charge is 0.169 e. The number of nitrogens with zero attached hydrogens (tertiary/aromatic N) is 1. The molecule has 4 heteroatoms. The highest BCUT2D eigenvalue weighted by Crippen LogP contribution is 2.20. The third-order valence-electron chi connectivity index (χ3n) is 2.03. The second-order valence-corrected chi connectivity index (χ2v) is 4.45. The molecule has 0 fully saturated rings. The summed E-state index contributed by atoms with van der Waals surface area (Å²) in [4.78, 5) is 15.9. The van der Waals surface area contributed by atoms with Gasteiger partial charge >= 0.3 is 0 Å². The summed E-state index contributed by atoms with van der Waals surface area (Å²) >= 11 is 0.